The maximum absolute atomic E-state index is 13.1. The summed E-state index contributed by atoms with van der Waals surface area (Å²) in [6, 6.07) is 8.40. The van der Waals surface area contributed by atoms with Gasteiger partial charge < -0.3 is 0 Å². The number of hydrogen-bond donors (Lipinski definition) is 0. The predicted octanol–water partition coefficient (Wildman–Crippen LogP) is 3.60. The van der Waals surface area contributed by atoms with E-state index in [1.165, 1.54) is 30.5 Å². The van der Waals surface area contributed by atoms with Gasteiger partial charge in [0.25, 0.3) is 10.0 Å². The Morgan fingerprint density at radius 1 is 1.09 bits per heavy atom. The molecule has 2 heterocycles. The third-order valence-electron chi connectivity index (χ3n) is 3.42. The van der Waals surface area contributed by atoms with Crippen molar-refractivity contribution in [3.63, 3.8) is 0 Å². The first-order valence-electron chi connectivity index (χ1n) is 6.57. The zero-order chi connectivity index (χ0) is 16.8. The van der Waals surface area contributed by atoms with Crippen LogP contribution in [0.1, 0.15) is 11.1 Å². The summed E-state index contributed by atoms with van der Waals surface area (Å²) < 4.78 is 65.3. The highest BCUT2D eigenvalue weighted by Crippen LogP contribution is 2.36. The molecule has 0 aliphatic rings. The molecule has 0 bridgehead atoms. The van der Waals surface area contributed by atoms with Crippen molar-refractivity contribution in [1.82, 2.24) is 8.96 Å². The van der Waals surface area contributed by atoms with Gasteiger partial charge in [0.1, 0.15) is 0 Å². The summed E-state index contributed by atoms with van der Waals surface area (Å²) in [5.41, 5.74) is -0.438. The highest BCUT2D eigenvalue weighted by Gasteiger charge is 2.36. The van der Waals surface area contributed by atoms with Crippen molar-refractivity contribution in [2.45, 2.75) is 18.0 Å². The van der Waals surface area contributed by atoms with Crippen LogP contribution >= 0.6 is 0 Å². The van der Waals surface area contributed by atoms with Crippen LogP contribution in [0.4, 0.5) is 13.2 Å². The number of fused-ring (bicyclic) bond motifs is 1. The lowest BCUT2D eigenvalue weighted by Crippen LogP contribution is -2.13. The van der Waals surface area contributed by atoms with E-state index >= 15 is 0 Å². The molecule has 0 spiro atoms. The van der Waals surface area contributed by atoms with Gasteiger partial charge in [-0.25, -0.2) is 17.4 Å². The first-order chi connectivity index (χ1) is 10.7. The Kier molecular flexibility index (Phi) is 3.44. The van der Waals surface area contributed by atoms with Gasteiger partial charge >= 0.3 is 6.18 Å². The van der Waals surface area contributed by atoms with Crippen LogP contribution in [0.2, 0.25) is 0 Å². The minimum absolute atomic E-state index is 0.0978. The molecule has 0 N–H and O–H groups in total. The molecule has 0 saturated carbocycles. The first kappa shape index (κ1) is 15.5. The molecule has 8 heteroatoms. The van der Waals surface area contributed by atoms with Gasteiger partial charge in [-0.05, 0) is 31.2 Å². The second kappa shape index (κ2) is 5.09. The van der Waals surface area contributed by atoms with Crippen molar-refractivity contribution in [2.24, 2.45) is 0 Å². The predicted molar refractivity (Wildman–Crippen MR) is 78.5 cm³/mol. The van der Waals surface area contributed by atoms with E-state index in [0.717, 1.165) is 5.56 Å². The molecule has 0 amide bonds. The van der Waals surface area contributed by atoms with E-state index in [4.69, 9.17) is 0 Å². The second-order valence-electron chi connectivity index (χ2n) is 5.03. The molecular formula is C15H11F3N2O2S. The molecule has 0 aliphatic heterocycles. The maximum Gasteiger partial charge on any atom is 0.418 e. The van der Waals surface area contributed by atoms with E-state index in [1.54, 1.807) is 19.1 Å². The van der Waals surface area contributed by atoms with Crippen LogP contribution in [0.3, 0.4) is 0 Å². The van der Waals surface area contributed by atoms with Crippen molar-refractivity contribution >= 4 is 21.1 Å². The van der Waals surface area contributed by atoms with Crippen LogP contribution < -0.4 is 0 Å². The fraction of sp³-hybridized carbons (Fsp3) is 0.133. The first-order valence-corrected chi connectivity index (χ1v) is 8.01. The molecule has 0 atom stereocenters. The van der Waals surface area contributed by atoms with Crippen LogP contribution in [0.15, 0.2) is 53.7 Å². The SMILES string of the molecule is Cc1ccc(S(=O)(=O)n2cc(C(F)(F)F)c3cccnc32)cc1. The quantitative estimate of drug-likeness (QED) is 0.716. The van der Waals surface area contributed by atoms with E-state index in [0.29, 0.717) is 10.2 Å². The van der Waals surface area contributed by atoms with E-state index in [9.17, 15) is 21.6 Å². The van der Waals surface area contributed by atoms with Gasteiger partial charge in [0.15, 0.2) is 5.65 Å². The van der Waals surface area contributed by atoms with Crippen LogP contribution in [-0.4, -0.2) is 17.4 Å². The molecule has 3 rings (SSSR count). The standard InChI is InChI=1S/C15H11F3N2O2S/c1-10-4-6-11(7-5-10)23(21,22)20-9-13(15(16,17)18)12-3-2-8-19-14(12)20/h2-9H,1H3. The lowest BCUT2D eigenvalue weighted by Gasteiger charge is -2.07. The van der Waals surface area contributed by atoms with E-state index in [1.807, 2.05) is 0 Å². The van der Waals surface area contributed by atoms with Crippen LogP contribution in [0, 0.1) is 6.92 Å². The zero-order valence-corrected chi connectivity index (χ0v) is 12.7. The minimum Gasteiger partial charge on any atom is -0.237 e. The largest absolute Gasteiger partial charge is 0.418 e. The van der Waals surface area contributed by atoms with Crippen LogP contribution in [-0.2, 0) is 16.2 Å². The number of hydrogen-bond acceptors (Lipinski definition) is 3. The number of rotatable bonds is 2. The van der Waals surface area contributed by atoms with Gasteiger partial charge in [-0.1, -0.05) is 17.7 Å². The van der Waals surface area contributed by atoms with Gasteiger partial charge in [0.05, 0.1) is 10.5 Å². The Labute approximate surface area is 130 Å². The van der Waals surface area contributed by atoms with Gasteiger partial charge in [-0.3, -0.25) is 0 Å². The summed E-state index contributed by atoms with van der Waals surface area (Å²) in [6.45, 7) is 1.78. The van der Waals surface area contributed by atoms with Crippen molar-refractivity contribution in [3.05, 3.63) is 59.9 Å². The van der Waals surface area contributed by atoms with Crippen molar-refractivity contribution < 1.29 is 21.6 Å². The summed E-state index contributed by atoms with van der Waals surface area (Å²) in [4.78, 5) is 3.71. The van der Waals surface area contributed by atoms with E-state index < -0.39 is 21.8 Å². The van der Waals surface area contributed by atoms with E-state index in [-0.39, 0.29) is 15.9 Å². The van der Waals surface area contributed by atoms with Crippen LogP contribution in [0.5, 0.6) is 0 Å². The summed E-state index contributed by atoms with van der Waals surface area (Å²) in [6.07, 6.45) is -2.84. The smallest absolute Gasteiger partial charge is 0.237 e. The fourth-order valence-corrected chi connectivity index (χ4v) is 3.59. The Bertz CT molecular complexity index is 974. The summed E-state index contributed by atoms with van der Waals surface area (Å²) in [7, 11) is -4.17. The average molecular weight is 340 g/mol. The van der Waals surface area contributed by atoms with Gasteiger partial charge in [-0.2, -0.15) is 13.2 Å². The van der Waals surface area contributed by atoms with Crippen molar-refractivity contribution in [1.29, 1.82) is 0 Å². The highest BCUT2D eigenvalue weighted by molar-refractivity contribution is 7.90. The van der Waals surface area contributed by atoms with Gasteiger partial charge in [0.2, 0.25) is 0 Å². The summed E-state index contributed by atoms with van der Waals surface area (Å²) in [5, 5.41) is -0.254. The molecular weight excluding hydrogens is 329 g/mol. The molecule has 1 aromatic carbocycles. The number of nitrogens with zero attached hydrogens (tertiary/aromatic N) is 2. The molecule has 4 nitrogen and oxygen atoms in total. The lowest BCUT2D eigenvalue weighted by molar-refractivity contribution is -0.136. The number of alkyl halides is 3. The minimum atomic E-state index is -4.67. The zero-order valence-electron chi connectivity index (χ0n) is 11.9. The van der Waals surface area contributed by atoms with Crippen molar-refractivity contribution in [3.8, 4) is 0 Å². The molecule has 3 aromatic rings. The average Bonchev–Trinajstić information content (AvgIpc) is 2.88. The molecule has 2 aromatic heterocycles. The molecule has 0 radical (unpaired) electrons. The maximum atomic E-state index is 13.1. The second-order valence-corrected chi connectivity index (χ2v) is 6.84. The Morgan fingerprint density at radius 3 is 2.35 bits per heavy atom. The molecule has 120 valence electrons. The number of halogens is 3. The summed E-state index contributed by atoms with van der Waals surface area (Å²) in [5.74, 6) is 0. The number of aromatic nitrogens is 2. The lowest BCUT2D eigenvalue weighted by atomic mass is 10.2. The molecule has 0 unspecified atom stereocenters. The number of aryl methyl sites for hydroxylation is 1. The topological polar surface area (TPSA) is 52.0 Å². The molecule has 0 aliphatic carbocycles. The Morgan fingerprint density at radius 2 is 1.74 bits per heavy atom. The number of pyridine rings is 1. The molecule has 0 fully saturated rings. The van der Waals surface area contributed by atoms with Gasteiger partial charge in [0, 0.05) is 17.8 Å². The Balaban J connectivity index is 2.30. The number of benzene rings is 1. The monoisotopic (exact) mass is 340 g/mol. The van der Waals surface area contributed by atoms with E-state index in [2.05, 4.69) is 4.98 Å². The molecule has 23 heavy (non-hydrogen) atoms. The van der Waals surface area contributed by atoms with Gasteiger partial charge in [-0.15, -0.1) is 0 Å². The Hall–Kier alpha value is -2.35. The van der Waals surface area contributed by atoms with Crippen LogP contribution in [0.25, 0.3) is 11.0 Å². The fourth-order valence-electron chi connectivity index (χ4n) is 2.26. The van der Waals surface area contributed by atoms with Crippen molar-refractivity contribution in [2.75, 3.05) is 0 Å². The highest BCUT2D eigenvalue weighted by atomic mass is 32.2. The normalized spacial score (nSPS) is 12.7. The third kappa shape index (κ3) is 2.59. The third-order valence-corrected chi connectivity index (χ3v) is 5.08. The molecule has 0 saturated heterocycles. The summed E-state index contributed by atoms with van der Waals surface area (Å²) >= 11 is 0.